The largest absolute Gasteiger partial charge is 0.417 e. The van der Waals surface area contributed by atoms with Crippen molar-refractivity contribution >= 4 is 5.78 Å². The van der Waals surface area contributed by atoms with E-state index in [9.17, 15) is 23.1 Å². The van der Waals surface area contributed by atoms with Crippen molar-refractivity contribution in [2.45, 2.75) is 77.0 Å². The van der Waals surface area contributed by atoms with E-state index in [1.54, 1.807) is 6.92 Å². The Labute approximate surface area is 146 Å². The van der Waals surface area contributed by atoms with E-state index in [0.29, 0.717) is 25.2 Å². The van der Waals surface area contributed by atoms with Gasteiger partial charge in [0.2, 0.25) is 0 Å². The molecule has 0 aromatic heterocycles. The molecule has 1 unspecified atom stereocenters. The third-order valence-electron chi connectivity index (χ3n) is 8.58. The van der Waals surface area contributed by atoms with Gasteiger partial charge in [-0.15, -0.1) is 0 Å². The average Bonchev–Trinajstić information content (AvgIpc) is 2.81. The maximum absolute atomic E-state index is 13.7. The number of allylic oxidation sites excluding steroid dienone is 1. The van der Waals surface area contributed by atoms with Crippen LogP contribution >= 0.6 is 0 Å². The number of rotatable bonds is 0. The predicted octanol–water partition coefficient (Wildman–Crippen LogP) is 4.81. The quantitative estimate of drug-likeness (QED) is 0.676. The number of hydrogen-bond donors (Lipinski definition) is 1. The minimum absolute atomic E-state index is 0.0445. The molecule has 0 saturated heterocycles. The number of carbonyl (C=O) groups is 1. The van der Waals surface area contributed by atoms with E-state index in [1.807, 2.05) is 6.08 Å². The molecule has 0 bridgehead atoms. The van der Waals surface area contributed by atoms with Gasteiger partial charge < -0.3 is 5.11 Å². The molecule has 0 amide bonds. The molecule has 0 aliphatic heterocycles. The van der Waals surface area contributed by atoms with Crippen molar-refractivity contribution in [1.82, 2.24) is 0 Å². The first-order valence-electron chi connectivity index (χ1n) is 9.56. The lowest BCUT2D eigenvalue weighted by molar-refractivity contribution is -0.303. The molecule has 4 aliphatic carbocycles. The van der Waals surface area contributed by atoms with Crippen LogP contribution in [0.5, 0.6) is 0 Å². The van der Waals surface area contributed by atoms with Gasteiger partial charge in [0.1, 0.15) is 0 Å². The highest BCUT2D eigenvalue weighted by atomic mass is 19.4. The van der Waals surface area contributed by atoms with Crippen LogP contribution in [-0.2, 0) is 4.79 Å². The normalized spacial score (nSPS) is 49.9. The lowest BCUT2D eigenvalue weighted by Gasteiger charge is -2.59. The molecule has 0 aromatic rings. The third kappa shape index (κ3) is 2.11. The molecule has 0 spiro atoms. The number of fused-ring (bicyclic) bond motifs is 5. The zero-order valence-electron chi connectivity index (χ0n) is 15.0. The number of aliphatic hydroxyl groups is 1. The third-order valence-corrected chi connectivity index (χ3v) is 8.58. The van der Waals surface area contributed by atoms with Crippen LogP contribution in [0.25, 0.3) is 0 Å². The fourth-order valence-corrected chi connectivity index (χ4v) is 7.04. The number of alkyl halides is 3. The molecule has 3 saturated carbocycles. The molecule has 140 valence electrons. The Balaban J connectivity index is 1.70. The summed E-state index contributed by atoms with van der Waals surface area (Å²) in [5.74, 6) is 0.687. The molecule has 2 nitrogen and oxygen atoms in total. The van der Waals surface area contributed by atoms with Crippen LogP contribution in [0, 0.1) is 28.6 Å². The van der Waals surface area contributed by atoms with Crippen LogP contribution in [0.3, 0.4) is 0 Å². The Kier molecular flexibility index (Phi) is 3.59. The smallest absolute Gasteiger partial charge is 0.380 e. The Hall–Kier alpha value is -0.840. The molecule has 0 heterocycles. The van der Waals surface area contributed by atoms with E-state index in [4.69, 9.17) is 0 Å². The van der Waals surface area contributed by atoms with Crippen molar-refractivity contribution in [2.24, 2.45) is 28.6 Å². The summed E-state index contributed by atoms with van der Waals surface area (Å²) in [6.45, 7) is 3.89. The second-order valence-electron chi connectivity index (χ2n) is 9.32. The summed E-state index contributed by atoms with van der Waals surface area (Å²) in [5.41, 5.74) is -2.45. The first-order valence-corrected chi connectivity index (χ1v) is 9.56. The molecule has 4 rings (SSSR count). The fourth-order valence-electron chi connectivity index (χ4n) is 7.04. The summed E-state index contributed by atoms with van der Waals surface area (Å²) in [4.78, 5) is 11.8. The van der Waals surface area contributed by atoms with Crippen molar-refractivity contribution < 1.29 is 23.1 Å². The van der Waals surface area contributed by atoms with Gasteiger partial charge in [-0.25, -0.2) is 0 Å². The zero-order valence-corrected chi connectivity index (χ0v) is 15.0. The predicted molar refractivity (Wildman–Crippen MR) is 87.7 cm³/mol. The van der Waals surface area contributed by atoms with Gasteiger partial charge in [-0.2, -0.15) is 13.2 Å². The summed E-state index contributed by atoms with van der Waals surface area (Å²) in [5, 5.41) is 10.6. The highest BCUT2D eigenvalue weighted by Gasteiger charge is 2.72. The molecule has 0 radical (unpaired) electrons. The molecule has 3 fully saturated rings. The number of halogens is 3. The molecule has 6 atom stereocenters. The van der Waals surface area contributed by atoms with Gasteiger partial charge >= 0.3 is 6.18 Å². The fraction of sp³-hybridized carbons (Fsp3) is 0.850. The second-order valence-corrected chi connectivity index (χ2v) is 9.32. The van der Waals surface area contributed by atoms with E-state index >= 15 is 0 Å². The topological polar surface area (TPSA) is 37.3 Å². The summed E-state index contributed by atoms with van der Waals surface area (Å²) in [6.07, 6.45) is 1.74. The van der Waals surface area contributed by atoms with Crippen LogP contribution < -0.4 is 0 Å². The highest BCUT2D eigenvalue weighted by Crippen LogP contribution is 2.69. The summed E-state index contributed by atoms with van der Waals surface area (Å²) in [7, 11) is 0. The molecular formula is C20H27F3O2. The number of ketones is 1. The molecule has 25 heavy (non-hydrogen) atoms. The monoisotopic (exact) mass is 356 g/mol. The van der Waals surface area contributed by atoms with Gasteiger partial charge in [-0.05, 0) is 74.2 Å². The van der Waals surface area contributed by atoms with Gasteiger partial charge in [0.15, 0.2) is 11.4 Å². The Bertz CT molecular complexity index is 639. The standard InChI is InChI=1S/C20H27F3O2/c1-17-8-5-13(24)11-12(17)3-4-14-15(17)6-9-18(2)16(14)7-10-19(18,25)20(21,22)23/h11,14-16,25H,3-10H2,1-2H3/t14-,15-,16+,17+,18+,19?/m1/s1. The van der Waals surface area contributed by atoms with E-state index in [2.05, 4.69) is 6.92 Å². The van der Waals surface area contributed by atoms with Gasteiger partial charge in [-0.1, -0.05) is 19.4 Å². The Morgan fingerprint density at radius 1 is 1.04 bits per heavy atom. The first-order chi connectivity index (χ1) is 11.5. The van der Waals surface area contributed by atoms with Crippen molar-refractivity contribution in [2.75, 3.05) is 0 Å². The summed E-state index contributed by atoms with van der Waals surface area (Å²) < 4.78 is 41.0. The molecular weight excluding hydrogens is 329 g/mol. The number of carbonyl (C=O) groups excluding carboxylic acids is 1. The van der Waals surface area contributed by atoms with Crippen LogP contribution in [0.4, 0.5) is 13.2 Å². The summed E-state index contributed by atoms with van der Waals surface area (Å²) >= 11 is 0. The number of hydrogen-bond acceptors (Lipinski definition) is 2. The molecule has 1 N–H and O–H groups in total. The summed E-state index contributed by atoms with van der Waals surface area (Å²) in [6, 6.07) is 0. The zero-order chi connectivity index (χ0) is 18.3. The Morgan fingerprint density at radius 3 is 2.40 bits per heavy atom. The molecule has 5 heteroatoms. The first kappa shape index (κ1) is 17.6. The van der Waals surface area contributed by atoms with Crippen molar-refractivity contribution in [3.8, 4) is 0 Å². The van der Waals surface area contributed by atoms with E-state index in [1.165, 1.54) is 5.57 Å². The van der Waals surface area contributed by atoms with E-state index in [-0.39, 0.29) is 29.5 Å². The SMILES string of the molecule is C[C@]12CCC(=O)C=C1CC[C@@H]1[C@H]2CC[C@@]2(C)[C@H]1CCC2(O)C(F)(F)F. The van der Waals surface area contributed by atoms with Crippen molar-refractivity contribution in [1.29, 1.82) is 0 Å². The molecule has 4 aliphatic rings. The minimum Gasteiger partial charge on any atom is -0.380 e. The Morgan fingerprint density at radius 2 is 1.72 bits per heavy atom. The van der Waals surface area contributed by atoms with Crippen LogP contribution in [0.2, 0.25) is 0 Å². The van der Waals surface area contributed by atoms with E-state index < -0.39 is 17.2 Å². The minimum atomic E-state index is -4.57. The average molecular weight is 356 g/mol. The van der Waals surface area contributed by atoms with Gasteiger partial charge in [0, 0.05) is 11.8 Å². The maximum atomic E-state index is 13.7. The lowest BCUT2D eigenvalue weighted by Crippen LogP contribution is -2.60. The van der Waals surface area contributed by atoms with Crippen molar-refractivity contribution in [3.05, 3.63) is 11.6 Å². The van der Waals surface area contributed by atoms with Crippen LogP contribution in [0.1, 0.15) is 65.2 Å². The maximum Gasteiger partial charge on any atom is 0.417 e. The van der Waals surface area contributed by atoms with E-state index in [0.717, 1.165) is 25.7 Å². The van der Waals surface area contributed by atoms with Gasteiger partial charge in [0.05, 0.1) is 0 Å². The van der Waals surface area contributed by atoms with Crippen LogP contribution in [-0.4, -0.2) is 22.7 Å². The highest BCUT2D eigenvalue weighted by molar-refractivity contribution is 5.91. The molecule has 0 aromatic carbocycles. The van der Waals surface area contributed by atoms with Crippen LogP contribution in [0.15, 0.2) is 11.6 Å². The van der Waals surface area contributed by atoms with Gasteiger partial charge in [0.25, 0.3) is 0 Å². The van der Waals surface area contributed by atoms with Crippen molar-refractivity contribution in [3.63, 3.8) is 0 Å². The second kappa shape index (κ2) is 5.11. The van der Waals surface area contributed by atoms with Gasteiger partial charge in [-0.3, -0.25) is 4.79 Å². The lowest BCUT2D eigenvalue weighted by atomic mass is 9.46.